The van der Waals surface area contributed by atoms with Crippen LogP contribution in [0.15, 0.2) is 176 Å². The molecule has 53 heavy (non-hydrogen) atoms. The fourth-order valence-corrected chi connectivity index (χ4v) is 9.57. The lowest BCUT2D eigenvalue weighted by molar-refractivity contribution is 0.418. The maximum atomic E-state index is 2.48. The second-order valence-electron chi connectivity index (χ2n) is 15.4. The van der Waals surface area contributed by atoms with Crippen LogP contribution in [0.25, 0.3) is 77.3 Å². The van der Waals surface area contributed by atoms with Gasteiger partial charge in [0.15, 0.2) is 0 Å². The molecule has 0 amide bonds. The van der Waals surface area contributed by atoms with Crippen molar-refractivity contribution in [2.45, 2.75) is 25.7 Å². The first kappa shape index (κ1) is 30.3. The first-order valence-corrected chi connectivity index (χ1v) is 18.8. The highest BCUT2D eigenvalue weighted by atomic mass is 15.0. The molecule has 1 atom stereocenters. The second-order valence-corrected chi connectivity index (χ2v) is 15.4. The van der Waals surface area contributed by atoms with Gasteiger partial charge in [-0.25, -0.2) is 0 Å². The van der Waals surface area contributed by atoms with Crippen molar-refractivity contribution >= 4 is 54.8 Å². The van der Waals surface area contributed by atoms with Crippen LogP contribution in [0.1, 0.15) is 37.0 Å². The number of allylic oxidation sites excluding steroid dienone is 4. The highest BCUT2D eigenvalue weighted by Gasteiger charge is 2.44. The quantitative estimate of drug-likeness (QED) is 0.175. The zero-order valence-electron chi connectivity index (χ0n) is 29.9. The van der Waals surface area contributed by atoms with Crippen molar-refractivity contribution < 1.29 is 0 Å². The summed E-state index contributed by atoms with van der Waals surface area (Å²) in [5.41, 5.74) is 17.0. The van der Waals surface area contributed by atoms with Crippen molar-refractivity contribution in [3.05, 3.63) is 193 Å². The molecule has 0 fully saturated rings. The second kappa shape index (κ2) is 11.3. The first-order valence-electron chi connectivity index (χ1n) is 18.8. The Hall–Kier alpha value is -6.38. The summed E-state index contributed by atoms with van der Waals surface area (Å²) in [5.74, 6) is 0.417. The van der Waals surface area contributed by atoms with E-state index in [1.807, 2.05) is 0 Å². The van der Waals surface area contributed by atoms with E-state index in [1.165, 1.54) is 93.9 Å². The number of hydrogen-bond acceptors (Lipinski definition) is 0. The Kier molecular flexibility index (Phi) is 6.46. The Morgan fingerprint density at radius 2 is 0.943 bits per heavy atom. The summed E-state index contributed by atoms with van der Waals surface area (Å²) in [6.45, 7) is 4.91. The number of rotatable bonds is 4. The zero-order chi connectivity index (χ0) is 35.3. The van der Waals surface area contributed by atoms with Gasteiger partial charge >= 0.3 is 0 Å². The van der Waals surface area contributed by atoms with E-state index in [4.69, 9.17) is 0 Å². The SMILES string of the molecule is CC1(C)c2cc(-c3ccc4c(c3)c3ccccc3n4-c3ccccc3)ccc2C2=CC=C(c3ccc4c(c3)c3ccccc3n4-c3ccccc3)CC21. The van der Waals surface area contributed by atoms with Crippen molar-refractivity contribution in [1.29, 1.82) is 0 Å². The minimum absolute atomic E-state index is 0.00242. The van der Waals surface area contributed by atoms with E-state index < -0.39 is 0 Å². The van der Waals surface area contributed by atoms with Gasteiger partial charge in [-0.15, -0.1) is 0 Å². The fourth-order valence-electron chi connectivity index (χ4n) is 9.57. The molecule has 2 heterocycles. The molecular weight excluding hydrogens is 641 g/mol. The lowest BCUT2D eigenvalue weighted by Gasteiger charge is -2.31. The molecule has 7 aromatic carbocycles. The first-order chi connectivity index (χ1) is 26.0. The van der Waals surface area contributed by atoms with Gasteiger partial charge in [0.2, 0.25) is 0 Å². The van der Waals surface area contributed by atoms with Gasteiger partial charge in [-0.3, -0.25) is 0 Å². The summed E-state index contributed by atoms with van der Waals surface area (Å²) in [7, 11) is 0. The van der Waals surface area contributed by atoms with Crippen LogP contribution in [0.5, 0.6) is 0 Å². The Bertz CT molecular complexity index is 2990. The summed E-state index contributed by atoms with van der Waals surface area (Å²) in [5, 5.41) is 5.17. The van der Waals surface area contributed by atoms with Crippen molar-refractivity contribution in [3.8, 4) is 22.5 Å². The Labute approximate surface area is 309 Å². The van der Waals surface area contributed by atoms with Crippen LogP contribution in [0, 0.1) is 5.92 Å². The van der Waals surface area contributed by atoms with E-state index in [9.17, 15) is 0 Å². The summed E-state index contributed by atoms with van der Waals surface area (Å²) in [6.07, 6.45) is 5.83. The molecule has 11 rings (SSSR count). The molecule has 2 nitrogen and oxygen atoms in total. The maximum Gasteiger partial charge on any atom is 0.0541 e. The molecule has 0 spiro atoms. The predicted octanol–water partition coefficient (Wildman–Crippen LogP) is 13.3. The maximum absolute atomic E-state index is 2.48. The van der Waals surface area contributed by atoms with Crippen molar-refractivity contribution in [2.75, 3.05) is 0 Å². The standard InChI is InChI=1S/C51H38N2/c1-51(2)45-31-35(33-23-27-49-43(29-33)41-17-9-11-19-47(41)52(49)37-13-5-3-6-14-37)21-25-39(45)40-26-22-36(32-46(40)51)34-24-28-50-44(30-34)42-18-10-12-20-48(42)53(50)38-15-7-4-8-16-38/h3-31,46H,32H2,1-2H3. The Morgan fingerprint density at radius 1 is 0.453 bits per heavy atom. The summed E-state index contributed by atoms with van der Waals surface area (Å²) < 4.78 is 4.79. The molecule has 2 heteroatoms. The van der Waals surface area contributed by atoms with Crippen LogP contribution in [0.4, 0.5) is 0 Å². The topological polar surface area (TPSA) is 9.86 Å². The van der Waals surface area contributed by atoms with Gasteiger partial charge in [0, 0.05) is 32.9 Å². The molecule has 0 saturated carbocycles. The Morgan fingerprint density at radius 3 is 1.57 bits per heavy atom. The fraction of sp³-hybridized carbons (Fsp3) is 0.0980. The molecule has 252 valence electrons. The largest absolute Gasteiger partial charge is 0.309 e. The monoisotopic (exact) mass is 678 g/mol. The van der Waals surface area contributed by atoms with Gasteiger partial charge < -0.3 is 9.13 Å². The van der Waals surface area contributed by atoms with Crippen LogP contribution >= 0.6 is 0 Å². The molecular formula is C51H38N2. The van der Waals surface area contributed by atoms with Crippen LogP contribution in [0.2, 0.25) is 0 Å². The minimum atomic E-state index is -0.00242. The molecule has 0 N–H and O–H groups in total. The average molecular weight is 679 g/mol. The number of para-hydroxylation sites is 4. The predicted molar refractivity (Wildman–Crippen MR) is 224 cm³/mol. The normalized spacial score (nSPS) is 16.2. The van der Waals surface area contributed by atoms with E-state index >= 15 is 0 Å². The van der Waals surface area contributed by atoms with Gasteiger partial charge in [0.1, 0.15) is 0 Å². The smallest absolute Gasteiger partial charge is 0.0541 e. The molecule has 2 aliphatic carbocycles. The van der Waals surface area contributed by atoms with E-state index in [2.05, 4.69) is 199 Å². The van der Waals surface area contributed by atoms with Gasteiger partial charge in [0.05, 0.1) is 22.1 Å². The summed E-state index contributed by atoms with van der Waals surface area (Å²) >= 11 is 0. The molecule has 0 saturated heterocycles. The number of nitrogens with zero attached hydrogens (tertiary/aromatic N) is 2. The average Bonchev–Trinajstić information content (AvgIpc) is 3.80. The molecule has 0 aliphatic heterocycles. The van der Waals surface area contributed by atoms with Crippen LogP contribution < -0.4 is 0 Å². The van der Waals surface area contributed by atoms with E-state index in [1.54, 1.807) is 0 Å². The van der Waals surface area contributed by atoms with E-state index in [0.717, 1.165) is 6.42 Å². The van der Waals surface area contributed by atoms with Crippen molar-refractivity contribution in [3.63, 3.8) is 0 Å². The Balaban J connectivity index is 0.971. The van der Waals surface area contributed by atoms with Crippen molar-refractivity contribution in [2.24, 2.45) is 5.92 Å². The van der Waals surface area contributed by atoms with Crippen molar-refractivity contribution in [1.82, 2.24) is 9.13 Å². The third kappa shape index (κ3) is 4.45. The van der Waals surface area contributed by atoms with E-state index in [-0.39, 0.29) is 5.41 Å². The summed E-state index contributed by atoms with van der Waals surface area (Å²) in [4.78, 5) is 0. The molecule has 2 aromatic heterocycles. The van der Waals surface area contributed by atoms with Crippen LogP contribution in [-0.2, 0) is 5.41 Å². The minimum Gasteiger partial charge on any atom is -0.309 e. The number of hydrogen-bond donors (Lipinski definition) is 0. The van der Waals surface area contributed by atoms with Crippen LogP contribution in [-0.4, -0.2) is 9.13 Å². The number of aromatic nitrogens is 2. The molecule has 0 radical (unpaired) electrons. The molecule has 9 aromatic rings. The van der Waals surface area contributed by atoms with Gasteiger partial charge in [-0.1, -0.05) is 123 Å². The van der Waals surface area contributed by atoms with Gasteiger partial charge in [-0.05, 0) is 123 Å². The highest BCUT2D eigenvalue weighted by molar-refractivity contribution is 6.11. The third-order valence-corrected chi connectivity index (χ3v) is 12.2. The molecule has 1 unspecified atom stereocenters. The highest BCUT2D eigenvalue weighted by Crippen LogP contribution is 2.55. The summed E-state index contributed by atoms with van der Waals surface area (Å²) in [6, 6.07) is 60.3. The molecule has 0 bridgehead atoms. The molecule has 2 aliphatic rings. The lowest BCUT2D eigenvalue weighted by Crippen LogP contribution is -2.25. The van der Waals surface area contributed by atoms with E-state index in [0.29, 0.717) is 5.92 Å². The van der Waals surface area contributed by atoms with Gasteiger partial charge in [0.25, 0.3) is 0 Å². The number of benzene rings is 7. The third-order valence-electron chi connectivity index (χ3n) is 12.2. The van der Waals surface area contributed by atoms with Crippen LogP contribution in [0.3, 0.4) is 0 Å². The zero-order valence-corrected chi connectivity index (χ0v) is 29.9. The lowest BCUT2D eigenvalue weighted by atomic mass is 9.72. The number of fused-ring (bicyclic) bond motifs is 9. The van der Waals surface area contributed by atoms with Gasteiger partial charge in [-0.2, -0.15) is 0 Å².